The van der Waals surface area contributed by atoms with E-state index in [1.165, 1.54) is 0 Å². The molecule has 0 aliphatic rings. The van der Waals surface area contributed by atoms with E-state index in [1.807, 2.05) is 25.1 Å². The average molecular weight is 286 g/mol. The van der Waals surface area contributed by atoms with Crippen molar-refractivity contribution in [1.82, 2.24) is 0 Å². The van der Waals surface area contributed by atoms with Gasteiger partial charge in [0.1, 0.15) is 5.75 Å². The average Bonchev–Trinajstić information content (AvgIpc) is 2.19. The van der Waals surface area contributed by atoms with Crippen molar-refractivity contribution in [3.05, 3.63) is 28.2 Å². The van der Waals surface area contributed by atoms with Crippen LogP contribution in [0.5, 0.6) is 5.75 Å². The summed E-state index contributed by atoms with van der Waals surface area (Å²) in [5, 5.41) is 0. The van der Waals surface area contributed by atoms with Gasteiger partial charge in [-0.05, 0) is 37.5 Å². The van der Waals surface area contributed by atoms with E-state index < -0.39 is 0 Å². The number of nitrogens with two attached hydrogens (primary N) is 1. The van der Waals surface area contributed by atoms with Crippen LogP contribution in [0.1, 0.15) is 38.8 Å². The summed E-state index contributed by atoms with van der Waals surface area (Å²) in [5.41, 5.74) is 6.97. The fraction of sp³-hybridized carbons (Fsp3) is 0.538. The van der Waals surface area contributed by atoms with Gasteiger partial charge in [-0.25, -0.2) is 0 Å². The first kappa shape index (κ1) is 13.5. The molecule has 16 heavy (non-hydrogen) atoms. The van der Waals surface area contributed by atoms with Gasteiger partial charge in [-0.2, -0.15) is 0 Å². The monoisotopic (exact) mass is 285 g/mol. The van der Waals surface area contributed by atoms with Gasteiger partial charge in [-0.1, -0.05) is 29.8 Å². The first-order valence-electron chi connectivity index (χ1n) is 5.68. The van der Waals surface area contributed by atoms with E-state index >= 15 is 0 Å². The maximum atomic E-state index is 5.91. The number of hydrogen-bond donors (Lipinski definition) is 1. The molecule has 1 aromatic rings. The van der Waals surface area contributed by atoms with Gasteiger partial charge >= 0.3 is 0 Å². The summed E-state index contributed by atoms with van der Waals surface area (Å²) in [6, 6.07) is 5.97. The van der Waals surface area contributed by atoms with Gasteiger partial charge in [-0.15, -0.1) is 0 Å². The Morgan fingerprint density at radius 1 is 1.31 bits per heavy atom. The minimum absolute atomic E-state index is 0.00782. The van der Waals surface area contributed by atoms with Crippen molar-refractivity contribution < 1.29 is 4.74 Å². The Hall–Kier alpha value is -0.540. The summed E-state index contributed by atoms with van der Waals surface area (Å²) in [7, 11) is 0. The summed E-state index contributed by atoms with van der Waals surface area (Å²) in [6.07, 6.45) is 1.06. The van der Waals surface area contributed by atoms with Crippen LogP contribution in [-0.2, 0) is 0 Å². The Morgan fingerprint density at radius 2 is 2.00 bits per heavy atom. The summed E-state index contributed by atoms with van der Waals surface area (Å²) in [5.74, 6) is 1.56. The molecule has 1 rings (SSSR count). The molecule has 0 amide bonds. The van der Waals surface area contributed by atoms with Crippen LogP contribution in [0.3, 0.4) is 0 Å². The Balaban J connectivity index is 2.71. The SMILES string of the molecule is CC(C)CCOc1ccc(Br)cc1[C@@H](C)N. The van der Waals surface area contributed by atoms with Crippen LogP contribution < -0.4 is 10.5 Å². The highest BCUT2D eigenvalue weighted by atomic mass is 79.9. The Kier molecular flexibility index (Phi) is 5.29. The van der Waals surface area contributed by atoms with Crippen LogP contribution in [0, 0.1) is 5.92 Å². The van der Waals surface area contributed by atoms with Crippen LogP contribution in [-0.4, -0.2) is 6.61 Å². The van der Waals surface area contributed by atoms with Crippen molar-refractivity contribution in [2.45, 2.75) is 33.2 Å². The molecule has 1 atom stereocenters. The smallest absolute Gasteiger partial charge is 0.124 e. The largest absolute Gasteiger partial charge is 0.493 e. The molecule has 0 aromatic heterocycles. The zero-order valence-corrected chi connectivity index (χ0v) is 11.8. The second-order valence-corrected chi connectivity index (χ2v) is 5.42. The highest BCUT2D eigenvalue weighted by Gasteiger charge is 2.08. The third kappa shape index (κ3) is 4.14. The Bertz CT molecular complexity index is 337. The summed E-state index contributed by atoms with van der Waals surface area (Å²) in [6.45, 7) is 7.10. The van der Waals surface area contributed by atoms with E-state index in [4.69, 9.17) is 10.5 Å². The van der Waals surface area contributed by atoms with Crippen molar-refractivity contribution in [1.29, 1.82) is 0 Å². The molecular formula is C13H20BrNO. The fourth-order valence-electron chi connectivity index (χ4n) is 1.41. The van der Waals surface area contributed by atoms with Crippen molar-refractivity contribution in [3.8, 4) is 5.75 Å². The highest BCUT2D eigenvalue weighted by Crippen LogP contribution is 2.27. The third-order valence-electron chi connectivity index (χ3n) is 2.42. The normalized spacial score (nSPS) is 12.9. The van der Waals surface area contributed by atoms with Crippen molar-refractivity contribution in [2.24, 2.45) is 11.7 Å². The van der Waals surface area contributed by atoms with Gasteiger partial charge in [0.25, 0.3) is 0 Å². The number of benzene rings is 1. The lowest BCUT2D eigenvalue weighted by Gasteiger charge is -2.15. The molecule has 0 heterocycles. The first-order valence-corrected chi connectivity index (χ1v) is 6.48. The minimum Gasteiger partial charge on any atom is -0.493 e. The Labute approximate surface area is 106 Å². The minimum atomic E-state index is -0.00782. The molecule has 0 radical (unpaired) electrons. The molecule has 0 unspecified atom stereocenters. The third-order valence-corrected chi connectivity index (χ3v) is 2.91. The number of rotatable bonds is 5. The highest BCUT2D eigenvalue weighted by molar-refractivity contribution is 9.10. The van der Waals surface area contributed by atoms with Crippen molar-refractivity contribution in [2.75, 3.05) is 6.61 Å². The molecule has 3 heteroatoms. The molecule has 0 saturated heterocycles. The van der Waals surface area contributed by atoms with Gasteiger partial charge < -0.3 is 10.5 Å². The number of halogens is 1. The van der Waals surface area contributed by atoms with Crippen LogP contribution in [0.25, 0.3) is 0 Å². The molecular weight excluding hydrogens is 266 g/mol. The predicted molar refractivity (Wildman–Crippen MR) is 71.7 cm³/mol. The summed E-state index contributed by atoms with van der Waals surface area (Å²) < 4.78 is 6.80. The number of ether oxygens (including phenoxy) is 1. The van der Waals surface area contributed by atoms with Gasteiger partial charge in [0.05, 0.1) is 6.61 Å². The molecule has 2 N–H and O–H groups in total. The van der Waals surface area contributed by atoms with Crippen LogP contribution >= 0.6 is 15.9 Å². The summed E-state index contributed by atoms with van der Waals surface area (Å²) in [4.78, 5) is 0. The maximum Gasteiger partial charge on any atom is 0.124 e. The van der Waals surface area contributed by atoms with Gasteiger partial charge in [0.15, 0.2) is 0 Å². The fourth-order valence-corrected chi connectivity index (χ4v) is 1.79. The van der Waals surface area contributed by atoms with Crippen LogP contribution in [0.2, 0.25) is 0 Å². The molecule has 1 aromatic carbocycles. The van der Waals surface area contributed by atoms with Crippen LogP contribution in [0.4, 0.5) is 0 Å². The molecule has 0 saturated carbocycles. The summed E-state index contributed by atoms with van der Waals surface area (Å²) >= 11 is 3.44. The second kappa shape index (κ2) is 6.26. The lowest BCUT2D eigenvalue weighted by molar-refractivity contribution is 0.285. The first-order chi connectivity index (χ1) is 7.50. The van der Waals surface area contributed by atoms with Crippen LogP contribution in [0.15, 0.2) is 22.7 Å². The predicted octanol–water partition coefficient (Wildman–Crippen LogP) is 3.89. The lowest BCUT2D eigenvalue weighted by atomic mass is 10.1. The zero-order chi connectivity index (χ0) is 12.1. The van der Waals surface area contributed by atoms with E-state index in [9.17, 15) is 0 Å². The number of hydrogen-bond acceptors (Lipinski definition) is 2. The quantitative estimate of drug-likeness (QED) is 0.891. The van der Waals surface area contributed by atoms with Crippen molar-refractivity contribution in [3.63, 3.8) is 0 Å². The molecule has 0 aliphatic heterocycles. The molecule has 2 nitrogen and oxygen atoms in total. The van der Waals surface area contributed by atoms with Crippen molar-refractivity contribution >= 4 is 15.9 Å². The van der Waals surface area contributed by atoms with E-state index in [-0.39, 0.29) is 6.04 Å². The molecule has 90 valence electrons. The second-order valence-electron chi connectivity index (χ2n) is 4.50. The van der Waals surface area contributed by atoms with Gasteiger partial charge in [0.2, 0.25) is 0 Å². The van der Waals surface area contributed by atoms with E-state index in [2.05, 4.69) is 29.8 Å². The molecule has 0 fully saturated rings. The van der Waals surface area contributed by atoms with E-state index in [0.717, 1.165) is 28.8 Å². The Morgan fingerprint density at radius 3 is 2.56 bits per heavy atom. The standard InChI is InChI=1S/C13H20BrNO/c1-9(2)6-7-16-13-5-4-11(14)8-12(13)10(3)15/h4-5,8-10H,6-7,15H2,1-3H3/t10-/m1/s1. The van der Waals surface area contributed by atoms with Gasteiger partial charge in [0, 0.05) is 16.1 Å². The lowest BCUT2D eigenvalue weighted by Crippen LogP contribution is -2.09. The molecule has 0 spiro atoms. The molecule has 0 bridgehead atoms. The zero-order valence-electron chi connectivity index (χ0n) is 10.2. The maximum absolute atomic E-state index is 5.91. The topological polar surface area (TPSA) is 35.2 Å². The van der Waals surface area contributed by atoms with E-state index in [0.29, 0.717) is 5.92 Å². The molecule has 0 aliphatic carbocycles. The van der Waals surface area contributed by atoms with E-state index in [1.54, 1.807) is 0 Å². The van der Waals surface area contributed by atoms with Gasteiger partial charge in [-0.3, -0.25) is 0 Å².